The highest BCUT2D eigenvalue weighted by molar-refractivity contribution is 7.20. The first-order valence-electron chi connectivity index (χ1n) is 5.33. The molecule has 0 amide bonds. The maximum atomic E-state index is 4.45. The third kappa shape index (κ3) is 2.54. The summed E-state index contributed by atoms with van der Waals surface area (Å²) in [5, 5.41) is 0. The number of hydrogen-bond donors (Lipinski definition) is 1. The molecule has 0 saturated heterocycles. The van der Waals surface area contributed by atoms with Crippen molar-refractivity contribution < 1.29 is 0 Å². The van der Waals surface area contributed by atoms with Crippen LogP contribution in [0.25, 0.3) is 0 Å². The third-order valence-electron chi connectivity index (χ3n) is 2.96. The molecule has 0 aliphatic heterocycles. The monoisotopic (exact) mass is 196 g/mol. The molecule has 0 aromatic carbocycles. The second kappa shape index (κ2) is 4.76. The lowest BCUT2D eigenvalue weighted by Crippen LogP contribution is -2.02. The molecule has 13 heavy (non-hydrogen) atoms. The molecule has 0 bridgehead atoms. The van der Waals surface area contributed by atoms with Gasteiger partial charge in [0.05, 0.1) is 5.69 Å². The van der Waals surface area contributed by atoms with Crippen LogP contribution in [0.2, 0.25) is 0 Å². The topological polar surface area (TPSA) is 28.7 Å². The average molecular weight is 196 g/mol. The van der Waals surface area contributed by atoms with E-state index in [9.17, 15) is 0 Å². The van der Waals surface area contributed by atoms with E-state index >= 15 is 0 Å². The van der Waals surface area contributed by atoms with Gasteiger partial charge in [0.25, 0.3) is 0 Å². The summed E-state index contributed by atoms with van der Waals surface area (Å²) in [4.78, 5) is 0. The first-order valence-corrected chi connectivity index (χ1v) is 6.18. The fraction of sp³-hybridized carbons (Fsp3) is 0.800. The third-order valence-corrected chi connectivity index (χ3v) is 3.53. The number of H-pyrrole nitrogens is 1. The maximum absolute atomic E-state index is 4.45. The fourth-order valence-electron chi connectivity index (χ4n) is 2.16. The van der Waals surface area contributed by atoms with Crippen LogP contribution in [-0.4, -0.2) is 9.49 Å². The molecule has 1 N–H and O–H groups in total. The van der Waals surface area contributed by atoms with Gasteiger partial charge >= 0.3 is 0 Å². The van der Waals surface area contributed by atoms with Gasteiger partial charge in [-0.15, -0.1) is 0 Å². The number of nitrogens with zero attached hydrogens (tertiary/aromatic N) is 1. The zero-order valence-corrected chi connectivity index (χ0v) is 8.89. The van der Waals surface area contributed by atoms with Crippen molar-refractivity contribution in [1.82, 2.24) is 9.49 Å². The highest BCUT2D eigenvalue weighted by Crippen LogP contribution is 2.29. The lowest BCUT2D eigenvalue weighted by atomic mass is 9.89. The van der Waals surface area contributed by atoms with Crippen LogP contribution in [0.15, 0.2) is 6.20 Å². The number of aromatic nitrogens is 2. The molecular weight excluding hydrogens is 179 g/mol. The van der Waals surface area contributed by atoms with E-state index in [4.69, 9.17) is 0 Å². The van der Waals surface area contributed by atoms with Crippen molar-refractivity contribution in [3.8, 4) is 0 Å². The van der Waals surface area contributed by atoms with E-state index in [-0.39, 0.29) is 0 Å². The Morgan fingerprint density at radius 1 is 1.15 bits per heavy atom. The van der Waals surface area contributed by atoms with E-state index in [0.29, 0.717) is 0 Å². The molecule has 72 valence electrons. The van der Waals surface area contributed by atoms with Gasteiger partial charge in [-0.2, -0.15) is 0 Å². The van der Waals surface area contributed by atoms with Crippen LogP contribution in [0.1, 0.15) is 56.6 Å². The summed E-state index contributed by atoms with van der Waals surface area (Å²) in [5.41, 5.74) is 1.32. The van der Waals surface area contributed by atoms with Crippen molar-refractivity contribution in [1.29, 1.82) is 0 Å². The minimum absolute atomic E-state index is 0.753. The number of hydrogen-bond acceptors (Lipinski definition) is 1. The lowest BCUT2D eigenvalue weighted by molar-refractivity contribution is 0.451. The van der Waals surface area contributed by atoms with Gasteiger partial charge in [-0.05, 0) is 12.8 Å². The Balaban J connectivity index is 1.96. The van der Waals surface area contributed by atoms with E-state index in [2.05, 4.69) is 15.7 Å². The van der Waals surface area contributed by atoms with E-state index in [1.165, 1.54) is 50.6 Å². The van der Waals surface area contributed by atoms with E-state index in [1.54, 1.807) is 0 Å². The quantitative estimate of drug-likeness (QED) is 0.726. The fourth-order valence-corrected chi connectivity index (χ4v) is 2.75. The molecule has 1 fully saturated rings. The van der Waals surface area contributed by atoms with Crippen molar-refractivity contribution in [3.05, 3.63) is 11.9 Å². The maximum Gasteiger partial charge on any atom is 0.129 e. The smallest absolute Gasteiger partial charge is 0.129 e. The molecule has 0 unspecified atom stereocenters. The summed E-state index contributed by atoms with van der Waals surface area (Å²) in [6.45, 7) is 0. The summed E-state index contributed by atoms with van der Waals surface area (Å²) < 4.78 is 7.60. The molecule has 1 aromatic heterocycles. The Morgan fingerprint density at radius 3 is 2.46 bits per heavy atom. The molecule has 1 aliphatic rings. The SMILES string of the molecule is c1[nH]pnc1C1CCCCCCC1. The zero-order chi connectivity index (χ0) is 8.93. The van der Waals surface area contributed by atoms with Crippen LogP contribution in [-0.2, 0) is 0 Å². The second-order valence-corrected chi connectivity index (χ2v) is 4.60. The number of aromatic amines is 1. The van der Waals surface area contributed by atoms with Crippen molar-refractivity contribution in [2.75, 3.05) is 0 Å². The summed E-state index contributed by atoms with van der Waals surface area (Å²) in [6.07, 6.45) is 11.9. The summed E-state index contributed by atoms with van der Waals surface area (Å²) in [5.74, 6) is 0.753. The molecule has 1 aromatic rings. The standard InChI is InChI=1S/C10H17N2P/c1-2-4-6-9(7-5-3-1)10-8-11-13-12-10/h8-9H,1-7H2,(H,11,12). The molecule has 0 atom stereocenters. The lowest BCUT2D eigenvalue weighted by Gasteiger charge is -2.17. The van der Waals surface area contributed by atoms with Crippen LogP contribution in [0.3, 0.4) is 0 Å². The Kier molecular flexibility index (Phi) is 3.37. The van der Waals surface area contributed by atoms with Crippen LogP contribution in [0, 0.1) is 0 Å². The molecule has 1 heterocycles. The second-order valence-electron chi connectivity index (χ2n) is 3.94. The van der Waals surface area contributed by atoms with Gasteiger partial charge in [0.15, 0.2) is 0 Å². The Morgan fingerprint density at radius 2 is 1.85 bits per heavy atom. The summed E-state index contributed by atoms with van der Waals surface area (Å²) >= 11 is 0. The summed E-state index contributed by atoms with van der Waals surface area (Å²) in [7, 11) is 1.03. The minimum Gasteiger partial charge on any atom is -0.328 e. The van der Waals surface area contributed by atoms with Crippen molar-refractivity contribution >= 4 is 8.51 Å². The first kappa shape index (κ1) is 9.21. The highest BCUT2D eigenvalue weighted by atomic mass is 31.1. The average Bonchev–Trinajstić information content (AvgIpc) is 2.55. The predicted octanol–water partition coefficient (Wildman–Crippen LogP) is 3.82. The highest BCUT2D eigenvalue weighted by Gasteiger charge is 2.14. The van der Waals surface area contributed by atoms with Crippen LogP contribution >= 0.6 is 8.51 Å². The van der Waals surface area contributed by atoms with Gasteiger partial charge in [0.2, 0.25) is 0 Å². The van der Waals surface area contributed by atoms with Crippen LogP contribution < -0.4 is 0 Å². The van der Waals surface area contributed by atoms with E-state index in [1.807, 2.05) is 0 Å². The first-order chi connectivity index (χ1) is 6.47. The van der Waals surface area contributed by atoms with E-state index in [0.717, 1.165) is 14.4 Å². The molecule has 1 saturated carbocycles. The van der Waals surface area contributed by atoms with Crippen molar-refractivity contribution in [3.63, 3.8) is 0 Å². The van der Waals surface area contributed by atoms with Gasteiger partial charge in [-0.1, -0.05) is 32.1 Å². The number of nitrogens with one attached hydrogen (secondary N) is 1. The van der Waals surface area contributed by atoms with Gasteiger partial charge in [0.1, 0.15) is 8.51 Å². The molecule has 1 aliphatic carbocycles. The largest absolute Gasteiger partial charge is 0.328 e. The Labute approximate surface area is 81.4 Å². The van der Waals surface area contributed by atoms with E-state index < -0.39 is 0 Å². The minimum atomic E-state index is 0.753. The zero-order valence-electron chi connectivity index (χ0n) is 8.00. The predicted molar refractivity (Wildman–Crippen MR) is 56.2 cm³/mol. The van der Waals surface area contributed by atoms with Gasteiger partial charge in [0, 0.05) is 12.1 Å². The molecular formula is C10H17N2P. The number of rotatable bonds is 1. The molecule has 0 radical (unpaired) electrons. The Hall–Kier alpha value is -0.360. The molecule has 3 heteroatoms. The van der Waals surface area contributed by atoms with Gasteiger partial charge < -0.3 is 4.75 Å². The molecule has 0 spiro atoms. The van der Waals surface area contributed by atoms with Crippen LogP contribution in [0.5, 0.6) is 0 Å². The summed E-state index contributed by atoms with van der Waals surface area (Å²) in [6, 6.07) is 0. The molecule has 2 nitrogen and oxygen atoms in total. The normalized spacial score (nSPS) is 21.5. The Bertz CT molecular complexity index is 225. The van der Waals surface area contributed by atoms with Gasteiger partial charge in [-0.25, -0.2) is 4.75 Å². The van der Waals surface area contributed by atoms with Crippen LogP contribution in [0.4, 0.5) is 0 Å². The molecule has 2 rings (SSSR count). The van der Waals surface area contributed by atoms with Gasteiger partial charge in [-0.3, -0.25) is 0 Å². The van der Waals surface area contributed by atoms with Crippen molar-refractivity contribution in [2.45, 2.75) is 50.9 Å². The van der Waals surface area contributed by atoms with Crippen molar-refractivity contribution in [2.24, 2.45) is 0 Å².